The maximum absolute atomic E-state index is 13.1. The molecule has 0 spiro atoms. The van der Waals surface area contributed by atoms with E-state index in [1.807, 2.05) is 42.7 Å². The molecular formula is C24H35FN4O. The Morgan fingerprint density at radius 3 is 2.63 bits per heavy atom. The molecule has 3 rings (SSSR count). The minimum atomic E-state index is -0.182. The van der Waals surface area contributed by atoms with Crippen LogP contribution in [0.15, 0.2) is 24.3 Å². The molecule has 2 heterocycles. The first kappa shape index (κ1) is 22.5. The number of benzene rings is 1. The van der Waals surface area contributed by atoms with Gasteiger partial charge in [-0.05, 0) is 75.3 Å². The van der Waals surface area contributed by atoms with Crippen molar-refractivity contribution >= 4 is 5.91 Å². The standard InChI is InChI=1S/C24H35FN4O/c1-18-23(19(2)28(4)26-18)11-12-24(30)27(3)16-21-6-5-14-29(17-21)15-13-20-7-9-22(25)10-8-20/h7-10,21H,5-6,11-17H2,1-4H3. The smallest absolute Gasteiger partial charge is 0.222 e. The zero-order valence-electron chi connectivity index (χ0n) is 18.8. The molecule has 1 saturated heterocycles. The van der Waals surface area contributed by atoms with Crippen molar-refractivity contribution in [1.29, 1.82) is 0 Å². The van der Waals surface area contributed by atoms with Crippen LogP contribution in [0.25, 0.3) is 0 Å². The van der Waals surface area contributed by atoms with Gasteiger partial charge in [0.15, 0.2) is 0 Å². The van der Waals surface area contributed by atoms with Crippen molar-refractivity contribution in [2.24, 2.45) is 13.0 Å². The second-order valence-electron chi connectivity index (χ2n) is 8.73. The number of likely N-dealkylation sites (tertiary alicyclic amines) is 1. The average molecular weight is 415 g/mol. The number of rotatable bonds is 8. The highest BCUT2D eigenvalue weighted by molar-refractivity contribution is 5.76. The van der Waals surface area contributed by atoms with Gasteiger partial charge >= 0.3 is 0 Å². The Morgan fingerprint density at radius 1 is 1.23 bits per heavy atom. The topological polar surface area (TPSA) is 41.4 Å². The van der Waals surface area contributed by atoms with Crippen LogP contribution in [-0.2, 0) is 24.7 Å². The number of aryl methyl sites for hydroxylation is 2. The van der Waals surface area contributed by atoms with Crippen molar-refractivity contribution in [2.75, 3.05) is 33.2 Å². The van der Waals surface area contributed by atoms with Crippen molar-refractivity contribution < 1.29 is 9.18 Å². The molecule has 1 aliphatic rings. The zero-order valence-corrected chi connectivity index (χ0v) is 18.8. The lowest BCUT2D eigenvalue weighted by molar-refractivity contribution is -0.130. The molecule has 1 atom stereocenters. The third-order valence-electron chi connectivity index (χ3n) is 6.44. The molecule has 0 radical (unpaired) electrons. The molecule has 2 aromatic rings. The van der Waals surface area contributed by atoms with Crippen LogP contribution in [0.1, 0.15) is 41.8 Å². The summed E-state index contributed by atoms with van der Waals surface area (Å²) in [5.41, 5.74) is 4.54. The first-order valence-corrected chi connectivity index (χ1v) is 11.0. The van der Waals surface area contributed by atoms with Crippen LogP contribution in [0, 0.1) is 25.6 Å². The fourth-order valence-corrected chi connectivity index (χ4v) is 4.53. The van der Waals surface area contributed by atoms with E-state index in [2.05, 4.69) is 16.9 Å². The summed E-state index contributed by atoms with van der Waals surface area (Å²) in [6.45, 7) is 8.01. The van der Waals surface area contributed by atoms with E-state index in [0.29, 0.717) is 12.3 Å². The minimum absolute atomic E-state index is 0.182. The molecule has 1 unspecified atom stereocenters. The number of hydrogen-bond acceptors (Lipinski definition) is 3. The lowest BCUT2D eigenvalue weighted by Gasteiger charge is -2.34. The summed E-state index contributed by atoms with van der Waals surface area (Å²) >= 11 is 0. The Hall–Kier alpha value is -2.21. The highest BCUT2D eigenvalue weighted by atomic mass is 19.1. The largest absolute Gasteiger partial charge is 0.345 e. The quantitative estimate of drug-likeness (QED) is 0.664. The van der Waals surface area contributed by atoms with Crippen LogP contribution >= 0.6 is 0 Å². The Morgan fingerprint density at radius 2 is 1.97 bits per heavy atom. The van der Waals surface area contributed by atoms with Crippen molar-refractivity contribution in [2.45, 2.75) is 46.0 Å². The average Bonchev–Trinajstić information content (AvgIpc) is 2.97. The van der Waals surface area contributed by atoms with Gasteiger partial charge in [-0.1, -0.05) is 12.1 Å². The van der Waals surface area contributed by atoms with Gasteiger partial charge in [0.25, 0.3) is 0 Å². The van der Waals surface area contributed by atoms with Crippen LogP contribution in [0.5, 0.6) is 0 Å². The molecule has 0 N–H and O–H groups in total. The van der Waals surface area contributed by atoms with E-state index in [9.17, 15) is 9.18 Å². The number of carbonyl (C=O) groups is 1. The first-order valence-electron chi connectivity index (χ1n) is 11.0. The number of piperidine rings is 1. The van der Waals surface area contributed by atoms with E-state index >= 15 is 0 Å². The van der Waals surface area contributed by atoms with Crippen molar-refractivity contribution in [3.8, 4) is 0 Å². The lowest BCUT2D eigenvalue weighted by atomic mass is 9.96. The SMILES string of the molecule is Cc1nn(C)c(C)c1CCC(=O)N(C)CC1CCCN(CCc2ccc(F)cc2)C1. The first-order chi connectivity index (χ1) is 14.3. The van der Waals surface area contributed by atoms with Crippen LogP contribution < -0.4 is 0 Å². The molecular weight excluding hydrogens is 379 g/mol. The summed E-state index contributed by atoms with van der Waals surface area (Å²) in [6.07, 6.45) is 4.56. The molecule has 1 aliphatic heterocycles. The summed E-state index contributed by atoms with van der Waals surface area (Å²) in [7, 11) is 3.88. The fourth-order valence-electron chi connectivity index (χ4n) is 4.53. The molecule has 164 valence electrons. The summed E-state index contributed by atoms with van der Waals surface area (Å²) in [6, 6.07) is 6.80. The molecule has 5 nitrogen and oxygen atoms in total. The molecule has 1 amide bonds. The predicted octanol–water partition coefficient (Wildman–Crippen LogP) is 3.52. The molecule has 0 bridgehead atoms. The maximum Gasteiger partial charge on any atom is 0.222 e. The highest BCUT2D eigenvalue weighted by Crippen LogP contribution is 2.19. The molecule has 1 aromatic carbocycles. The van der Waals surface area contributed by atoms with Crippen LogP contribution in [-0.4, -0.2) is 58.7 Å². The number of carbonyl (C=O) groups excluding carboxylic acids is 1. The van der Waals surface area contributed by atoms with Gasteiger partial charge in [-0.2, -0.15) is 5.10 Å². The number of nitrogens with zero attached hydrogens (tertiary/aromatic N) is 4. The monoisotopic (exact) mass is 414 g/mol. The summed E-state index contributed by atoms with van der Waals surface area (Å²) in [5.74, 6) is 0.544. The summed E-state index contributed by atoms with van der Waals surface area (Å²) < 4.78 is 15.0. The van der Waals surface area contributed by atoms with Gasteiger partial charge in [0.1, 0.15) is 5.82 Å². The lowest BCUT2D eigenvalue weighted by Crippen LogP contribution is -2.42. The van der Waals surface area contributed by atoms with Gasteiger partial charge in [-0.15, -0.1) is 0 Å². The zero-order chi connectivity index (χ0) is 21.7. The van der Waals surface area contributed by atoms with E-state index in [1.165, 1.54) is 36.1 Å². The maximum atomic E-state index is 13.1. The molecule has 0 aliphatic carbocycles. The molecule has 30 heavy (non-hydrogen) atoms. The Bertz CT molecular complexity index is 846. The Labute approximate surface area is 179 Å². The van der Waals surface area contributed by atoms with Crippen LogP contribution in [0.4, 0.5) is 4.39 Å². The molecule has 0 saturated carbocycles. The molecule has 1 fully saturated rings. The third kappa shape index (κ3) is 5.91. The Balaban J connectivity index is 1.44. The number of halogens is 1. The van der Waals surface area contributed by atoms with Gasteiger partial charge in [0.05, 0.1) is 5.69 Å². The van der Waals surface area contributed by atoms with Gasteiger partial charge in [0, 0.05) is 45.8 Å². The predicted molar refractivity (Wildman–Crippen MR) is 118 cm³/mol. The second kappa shape index (κ2) is 10.2. The second-order valence-corrected chi connectivity index (χ2v) is 8.73. The molecule has 1 aromatic heterocycles. The number of hydrogen-bond donors (Lipinski definition) is 0. The minimum Gasteiger partial charge on any atom is -0.345 e. The summed E-state index contributed by atoms with van der Waals surface area (Å²) in [5, 5.41) is 4.45. The third-order valence-corrected chi connectivity index (χ3v) is 6.44. The van der Waals surface area contributed by atoms with Gasteiger partial charge in [0.2, 0.25) is 5.91 Å². The van der Waals surface area contributed by atoms with Gasteiger partial charge in [-0.3, -0.25) is 9.48 Å². The van der Waals surface area contributed by atoms with E-state index in [-0.39, 0.29) is 11.7 Å². The van der Waals surface area contributed by atoms with E-state index < -0.39 is 0 Å². The van der Waals surface area contributed by atoms with Crippen molar-refractivity contribution in [3.05, 3.63) is 52.6 Å². The summed E-state index contributed by atoms with van der Waals surface area (Å²) in [4.78, 5) is 17.1. The van der Waals surface area contributed by atoms with Crippen LogP contribution in [0.3, 0.4) is 0 Å². The van der Waals surface area contributed by atoms with Crippen molar-refractivity contribution in [1.82, 2.24) is 19.6 Å². The van der Waals surface area contributed by atoms with Gasteiger partial charge in [-0.25, -0.2) is 4.39 Å². The van der Waals surface area contributed by atoms with E-state index in [4.69, 9.17) is 0 Å². The molecule has 6 heteroatoms. The van der Waals surface area contributed by atoms with Crippen molar-refractivity contribution in [3.63, 3.8) is 0 Å². The fraction of sp³-hybridized carbons (Fsp3) is 0.583. The van der Waals surface area contributed by atoms with E-state index in [0.717, 1.165) is 50.4 Å². The normalized spacial score (nSPS) is 17.3. The highest BCUT2D eigenvalue weighted by Gasteiger charge is 2.23. The van der Waals surface area contributed by atoms with E-state index in [1.54, 1.807) is 0 Å². The van der Waals surface area contributed by atoms with Gasteiger partial charge < -0.3 is 9.80 Å². The number of aromatic nitrogens is 2. The number of amides is 1. The Kier molecular flexibility index (Phi) is 7.64. The van der Waals surface area contributed by atoms with Crippen LogP contribution in [0.2, 0.25) is 0 Å².